The topological polar surface area (TPSA) is 75.2 Å². The maximum absolute atomic E-state index is 11.6. The average Bonchev–Trinajstić information content (AvgIpc) is 3.08. The molecule has 1 aromatic rings. The number of hydrogen-bond acceptors (Lipinski definition) is 4. The van der Waals surface area contributed by atoms with E-state index in [0.717, 1.165) is 56.3 Å². The minimum absolute atomic E-state index is 0.281. The summed E-state index contributed by atoms with van der Waals surface area (Å²) < 4.78 is 10.6. The van der Waals surface area contributed by atoms with Gasteiger partial charge < -0.3 is 25.0 Å². The number of hydrogen-bond donors (Lipinski definition) is 2. The highest BCUT2D eigenvalue weighted by atomic mass is 16.5. The van der Waals surface area contributed by atoms with Gasteiger partial charge in [0, 0.05) is 39.7 Å². The second-order valence-electron chi connectivity index (χ2n) is 6.45. The Labute approximate surface area is 162 Å². The van der Waals surface area contributed by atoms with E-state index in [4.69, 9.17) is 9.47 Å². The molecule has 0 aromatic heterocycles. The third-order valence-electron chi connectivity index (χ3n) is 4.29. The molecule has 1 aliphatic rings. The zero-order chi connectivity index (χ0) is 19.3. The summed E-state index contributed by atoms with van der Waals surface area (Å²) in [5.74, 6) is 1.90. The molecular weight excluding hydrogens is 344 g/mol. The predicted octanol–water partition coefficient (Wildman–Crippen LogP) is 1.78. The number of amides is 1. The number of methoxy groups -OCH3 is 1. The number of guanidine groups is 1. The number of benzene rings is 1. The van der Waals surface area contributed by atoms with Crippen LogP contribution < -0.4 is 15.4 Å². The molecule has 1 aliphatic heterocycles. The molecule has 7 nitrogen and oxygen atoms in total. The summed E-state index contributed by atoms with van der Waals surface area (Å²) in [5.41, 5.74) is 1.09. The van der Waals surface area contributed by atoms with Crippen molar-refractivity contribution in [3.05, 3.63) is 29.8 Å². The third kappa shape index (κ3) is 7.86. The van der Waals surface area contributed by atoms with E-state index in [1.54, 1.807) is 7.11 Å². The summed E-state index contributed by atoms with van der Waals surface area (Å²) >= 11 is 0. The number of carbonyl (C=O) groups excluding carboxylic acids is 1. The van der Waals surface area contributed by atoms with Gasteiger partial charge in [-0.25, -0.2) is 4.99 Å². The van der Waals surface area contributed by atoms with E-state index in [9.17, 15) is 4.79 Å². The van der Waals surface area contributed by atoms with E-state index in [-0.39, 0.29) is 5.91 Å². The summed E-state index contributed by atoms with van der Waals surface area (Å²) in [6.07, 6.45) is 2.61. The molecule has 150 valence electrons. The second kappa shape index (κ2) is 12.2. The number of nitrogens with zero attached hydrogens (tertiary/aromatic N) is 2. The van der Waals surface area contributed by atoms with Gasteiger partial charge in [-0.15, -0.1) is 0 Å². The SMILES string of the molecule is CCNC(=NCc1cccc(OCCOC)c1)NCCCN1CCCC1=O. The molecule has 1 saturated heterocycles. The summed E-state index contributed by atoms with van der Waals surface area (Å²) in [6, 6.07) is 7.95. The van der Waals surface area contributed by atoms with Crippen LogP contribution >= 0.6 is 0 Å². The molecule has 0 aliphatic carbocycles. The molecule has 0 saturated carbocycles. The van der Waals surface area contributed by atoms with Crippen molar-refractivity contribution in [1.82, 2.24) is 15.5 Å². The number of aliphatic imine (C=N–C) groups is 1. The van der Waals surface area contributed by atoms with E-state index >= 15 is 0 Å². The van der Waals surface area contributed by atoms with Gasteiger partial charge in [0.1, 0.15) is 12.4 Å². The monoisotopic (exact) mass is 376 g/mol. The number of nitrogens with one attached hydrogen (secondary N) is 2. The van der Waals surface area contributed by atoms with Crippen LogP contribution in [0.4, 0.5) is 0 Å². The van der Waals surface area contributed by atoms with Crippen LogP contribution in [-0.2, 0) is 16.1 Å². The Morgan fingerprint density at radius 1 is 1.30 bits per heavy atom. The molecule has 27 heavy (non-hydrogen) atoms. The Hall–Kier alpha value is -2.28. The molecule has 2 rings (SSSR count). The number of ether oxygens (including phenoxy) is 2. The maximum Gasteiger partial charge on any atom is 0.222 e. The van der Waals surface area contributed by atoms with Crippen LogP contribution in [0.15, 0.2) is 29.3 Å². The van der Waals surface area contributed by atoms with Crippen LogP contribution in [0.1, 0.15) is 31.7 Å². The first-order valence-corrected chi connectivity index (χ1v) is 9.73. The molecule has 0 unspecified atom stereocenters. The van der Waals surface area contributed by atoms with Crippen molar-refractivity contribution >= 4 is 11.9 Å². The van der Waals surface area contributed by atoms with Crippen molar-refractivity contribution in [3.8, 4) is 5.75 Å². The van der Waals surface area contributed by atoms with Gasteiger partial charge in [0.2, 0.25) is 5.91 Å². The number of likely N-dealkylation sites (tertiary alicyclic amines) is 1. The highest BCUT2D eigenvalue weighted by molar-refractivity contribution is 5.79. The van der Waals surface area contributed by atoms with Crippen molar-refractivity contribution in [2.24, 2.45) is 4.99 Å². The molecule has 1 fully saturated rings. The lowest BCUT2D eigenvalue weighted by Crippen LogP contribution is -2.39. The zero-order valence-corrected chi connectivity index (χ0v) is 16.5. The van der Waals surface area contributed by atoms with Gasteiger partial charge in [-0.05, 0) is 37.5 Å². The number of carbonyl (C=O) groups is 1. The van der Waals surface area contributed by atoms with Crippen LogP contribution in [-0.4, -0.2) is 63.3 Å². The second-order valence-corrected chi connectivity index (χ2v) is 6.45. The fourth-order valence-electron chi connectivity index (χ4n) is 2.91. The van der Waals surface area contributed by atoms with E-state index < -0.39 is 0 Å². The molecule has 0 atom stereocenters. The third-order valence-corrected chi connectivity index (χ3v) is 4.29. The van der Waals surface area contributed by atoms with Crippen molar-refractivity contribution in [3.63, 3.8) is 0 Å². The summed E-state index contributed by atoms with van der Waals surface area (Å²) in [7, 11) is 1.66. The highest BCUT2D eigenvalue weighted by Gasteiger charge is 2.18. The van der Waals surface area contributed by atoms with Crippen LogP contribution in [0.2, 0.25) is 0 Å². The molecule has 2 N–H and O–H groups in total. The molecule has 1 amide bonds. The standard InChI is InChI=1S/C20H32N4O3/c1-3-21-20(22-10-6-12-24-11-5-9-19(24)25)23-16-17-7-4-8-18(15-17)27-14-13-26-2/h4,7-8,15H,3,5-6,9-14,16H2,1-2H3,(H2,21,22,23). The van der Waals surface area contributed by atoms with Crippen LogP contribution in [0.25, 0.3) is 0 Å². The first-order chi connectivity index (χ1) is 13.2. The Morgan fingerprint density at radius 2 is 2.19 bits per heavy atom. The Kier molecular flexibility index (Phi) is 9.48. The van der Waals surface area contributed by atoms with E-state index in [1.807, 2.05) is 36.1 Å². The van der Waals surface area contributed by atoms with Crippen molar-refractivity contribution in [1.29, 1.82) is 0 Å². The van der Waals surface area contributed by atoms with Gasteiger partial charge in [-0.1, -0.05) is 12.1 Å². The maximum atomic E-state index is 11.6. The van der Waals surface area contributed by atoms with E-state index in [0.29, 0.717) is 26.2 Å². The average molecular weight is 377 g/mol. The number of rotatable bonds is 11. The smallest absolute Gasteiger partial charge is 0.222 e. The molecule has 0 spiro atoms. The first-order valence-electron chi connectivity index (χ1n) is 9.73. The van der Waals surface area contributed by atoms with Crippen molar-refractivity contribution in [2.75, 3.05) is 46.5 Å². The molecule has 1 aromatic carbocycles. The normalized spacial score (nSPS) is 14.5. The van der Waals surface area contributed by atoms with Gasteiger partial charge in [-0.2, -0.15) is 0 Å². The zero-order valence-electron chi connectivity index (χ0n) is 16.5. The van der Waals surface area contributed by atoms with Crippen molar-refractivity contribution < 1.29 is 14.3 Å². The molecule has 0 bridgehead atoms. The molecule has 0 radical (unpaired) electrons. The minimum atomic E-state index is 0.281. The highest BCUT2D eigenvalue weighted by Crippen LogP contribution is 2.14. The molecule has 7 heteroatoms. The predicted molar refractivity (Wildman–Crippen MR) is 107 cm³/mol. The van der Waals surface area contributed by atoms with Gasteiger partial charge in [0.15, 0.2) is 5.96 Å². The lowest BCUT2D eigenvalue weighted by atomic mass is 10.2. The fourth-order valence-corrected chi connectivity index (χ4v) is 2.91. The van der Waals surface area contributed by atoms with E-state index in [1.165, 1.54) is 0 Å². The summed E-state index contributed by atoms with van der Waals surface area (Å²) in [6.45, 7) is 7.02. The first kappa shape index (κ1) is 21.0. The lowest BCUT2D eigenvalue weighted by Gasteiger charge is -2.16. The Bertz CT molecular complexity index is 607. The van der Waals surface area contributed by atoms with Gasteiger partial charge in [0.25, 0.3) is 0 Å². The van der Waals surface area contributed by atoms with Gasteiger partial charge in [0.05, 0.1) is 13.2 Å². The fraction of sp³-hybridized carbons (Fsp3) is 0.600. The van der Waals surface area contributed by atoms with Crippen molar-refractivity contribution in [2.45, 2.75) is 32.7 Å². The molecule has 1 heterocycles. The quantitative estimate of drug-likeness (QED) is 0.350. The molecular formula is C20H32N4O3. The van der Waals surface area contributed by atoms with Gasteiger partial charge >= 0.3 is 0 Å². The summed E-state index contributed by atoms with van der Waals surface area (Å²) in [4.78, 5) is 18.2. The minimum Gasteiger partial charge on any atom is -0.491 e. The van der Waals surface area contributed by atoms with Crippen LogP contribution in [0.3, 0.4) is 0 Å². The Morgan fingerprint density at radius 3 is 2.93 bits per heavy atom. The Balaban J connectivity index is 1.78. The summed E-state index contributed by atoms with van der Waals surface area (Å²) in [5, 5.41) is 6.60. The van der Waals surface area contributed by atoms with Crippen LogP contribution in [0.5, 0.6) is 5.75 Å². The van der Waals surface area contributed by atoms with E-state index in [2.05, 4.69) is 15.6 Å². The van der Waals surface area contributed by atoms with Crippen LogP contribution in [0, 0.1) is 0 Å². The lowest BCUT2D eigenvalue weighted by molar-refractivity contribution is -0.127. The largest absolute Gasteiger partial charge is 0.491 e. The van der Waals surface area contributed by atoms with Gasteiger partial charge in [-0.3, -0.25) is 4.79 Å².